The average Bonchev–Trinajstić information content (AvgIpc) is 2.28. The molecule has 90 valence electrons. The van der Waals surface area contributed by atoms with Gasteiger partial charge in [-0.1, -0.05) is 50.9 Å². The van der Waals surface area contributed by atoms with E-state index in [-0.39, 0.29) is 0 Å². The molecule has 2 heteroatoms. The summed E-state index contributed by atoms with van der Waals surface area (Å²) in [5, 5.41) is 4.39. The Morgan fingerprint density at radius 1 is 1.31 bits per heavy atom. The fraction of sp³-hybridized carbons (Fsp3) is 0.571. The summed E-state index contributed by atoms with van der Waals surface area (Å²) in [4.78, 5) is 0. The molecule has 1 aromatic carbocycles. The Bertz CT molecular complexity index is 305. The first-order valence-corrected chi connectivity index (χ1v) is 6.55. The molecular weight excluding hydrogens is 218 g/mol. The van der Waals surface area contributed by atoms with E-state index in [1.807, 2.05) is 12.1 Å². The number of hydrogen-bond donors (Lipinski definition) is 1. The van der Waals surface area contributed by atoms with Crippen LogP contribution in [0.2, 0.25) is 5.02 Å². The molecule has 0 radical (unpaired) electrons. The van der Waals surface area contributed by atoms with E-state index >= 15 is 0 Å². The largest absolute Gasteiger partial charge is 0.314 e. The normalized spacial score (nSPS) is 14.8. The highest BCUT2D eigenvalue weighted by Crippen LogP contribution is 2.24. The van der Waals surface area contributed by atoms with E-state index in [9.17, 15) is 0 Å². The van der Waals surface area contributed by atoms with Gasteiger partial charge in [-0.15, -0.1) is 0 Å². The highest BCUT2D eigenvalue weighted by molar-refractivity contribution is 6.30. The van der Waals surface area contributed by atoms with E-state index in [0.717, 1.165) is 11.6 Å². The van der Waals surface area contributed by atoms with Crippen molar-refractivity contribution in [1.82, 2.24) is 5.32 Å². The topological polar surface area (TPSA) is 12.0 Å². The lowest BCUT2D eigenvalue weighted by molar-refractivity contribution is 0.430. The van der Waals surface area contributed by atoms with Gasteiger partial charge in [0, 0.05) is 11.1 Å². The van der Waals surface area contributed by atoms with Crippen LogP contribution in [-0.4, -0.2) is 12.6 Å². The second-order valence-corrected chi connectivity index (χ2v) is 4.73. The molecule has 0 aliphatic carbocycles. The van der Waals surface area contributed by atoms with Crippen LogP contribution in [-0.2, 0) is 0 Å². The molecule has 0 aromatic heterocycles. The van der Waals surface area contributed by atoms with E-state index in [1.54, 1.807) is 0 Å². The van der Waals surface area contributed by atoms with Gasteiger partial charge >= 0.3 is 0 Å². The third kappa shape index (κ3) is 3.80. The van der Waals surface area contributed by atoms with Gasteiger partial charge in [0.2, 0.25) is 0 Å². The van der Waals surface area contributed by atoms with Crippen molar-refractivity contribution in [3.8, 4) is 0 Å². The van der Waals surface area contributed by atoms with Crippen molar-refractivity contribution < 1.29 is 0 Å². The van der Waals surface area contributed by atoms with E-state index in [1.165, 1.54) is 18.4 Å². The van der Waals surface area contributed by atoms with Gasteiger partial charge in [-0.05, 0) is 36.6 Å². The SMILES string of the molecule is CCCC(NCC)C(C)c1cccc(Cl)c1. The Morgan fingerprint density at radius 3 is 2.62 bits per heavy atom. The Labute approximate surface area is 104 Å². The lowest BCUT2D eigenvalue weighted by atomic mass is 9.90. The van der Waals surface area contributed by atoms with E-state index in [0.29, 0.717) is 12.0 Å². The van der Waals surface area contributed by atoms with Crippen molar-refractivity contribution in [2.24, 2.45) is 0 Å². The molecule has 2 unspecified atom stereocenters. The second kappa shape index (κ2) is 6.93. The third-order valence-electron chi connectivity index (χ3n) is 3.04. The predicted octanol–water partition coefficient (Wildman–Crippen LogP) is 4.22. The van der Waals surface area contributed by atoms with Crippen LogP contribution in [0.4, 0.5) is 0 Å². The monoisotopic (exact) mass is 239 g/mol. The van der Waals surface area contributed by atoms with Gasteiger partial charge in [-0.2, -0.15) is 0 Å². The molecule has 0 aliphatic rings. The van der Waals surface area contributed by atoms with Crippen LogP contribution in [0.25, 0.3) is 0 Å². The molecule has 1 aromatic rings. The number of hydrogen-bond acceptors (Lipinski definition) is 1. The standard InChI is InChI=1S/C14H22ClN/c1-4-7-14(16-5-2)11(3)12-8-6-9-13(15)10-12/h6,8-11,14,16H,4-5,7H2,1-3H3. The van der Waals surface area contributed by atoms with Crippen molar-refractivity contribution in [2.45, 2.75) is 45.6 Å². The zero-order valence-corrected chi connectivity index (χ0v) is 11.2. The van der Waals surface area contributed by atoms with Crippen molar-refractivity contribution in [1.29, 1.82) is 0 Å². The Hall–Kier alpha value is -0.530. The fourth-order valence-corrected chi connectivity index (χ4v) is 2.32. The van der Waals surface area contributed by atoms with Gasteiger partial charge in [-0.25, -0.2) is 0 Å². The second-order valence-electron chi connectivity index (χ2n) is 4.30. The molecule has 0 heterocycles. The molecule has 1 nitrogen and oxygen atoms in total. The Kier molecular flexibility index (Phi) is 5.86. The molecular formula is C14H22ClN. The summed E-state index contributed by atoms with van der Waals surface area (Å²) in [6.45, 7) is 7.69. The summed E-state index contributed by atoms with van der Waals surface area (Å²) in [6, 6.07) is 8.75. The minimum Gasteiger partial charge on any atom is -0.314 e. The number of halogens is 1. The summed E-state index contributed by atoms with van der Waals surface area (Å²) >= 11 is 6.03. The fourth-order valence-electron chi connectivity index (χ4n) is 2.12. The van der Waals surface area contributed by atoms with E-state index in [2.05, 4.69) is 38.2 Å². The summed E-state index contributed by atoms with van der Waals surface area (Å²) in [5.41, 5.74) is 1.33. The van der Waals surface area contributed by atoms with Crippen molar-refractivity contribution in [3.63, 3.8) is 0 Å². The van der Waals surface area contributed by atoms with Gasteiger partial charge in [0.25, 0.3) is 0 Å². The van der Waals surface area contributed by atoms with Crippen molar-refractivity contribution >= 4 is 11.6 Å². The first kappa shape index (κ1) is 13.5. The molecule has 2 atom stereocenters. The Balaban J connectivity index is 2.76. The molecule has 0 spiro atoms. The van der Waals surface area contributed by atoms with Crippen molar-refractivity contribution in [2.75, 3.05) is 6.54 Å². The summed E-state index contributed by atoms with van der Waals surface area (Å²) in [5.74, 6) is 0.513. The quantitative estimate of drug-likeness (QED) is 0.784. The van der Waals surface area contributed by atoms with E-state index < -0.39 is 0 Å². The van der Waals surface area contributed by atoms with Gasteiger partial charge in [-0.3, -0.25) is 0 Å². The molecule has 0 saturated heterocycles. The lowest BCUT2D eigenvalue weighted by Gasteiger charge is -2.25. The highest BCUT2D eigenvalue weighted by atomic mass is 35.5. The summed E-state index contributed by atoms with van der Waals surface area (Å²) < 4.78 is 0. The maximum Gasteiger partial charge on any atom is 0.0408 e. The molecule has 1 N–H and O–H groups in total. The van der Waals surface area contributed by atoms with Crippen LogP contribution in [0.15, 0.2) is 24.3 Å². The van der Waals surface area contributed by atoms with E-state index in [4.69, 9.17) is 11.6 Å². The predicted molar refractivity (Wildman–Crippen MR) is 72.2 cm³/mol. The Morgan fingerprint density at radius 2 is 2.06 bits per heavy atom. The van der Waals surface area contributed by atoms with Gasteiger partial charge in [0.05, 0.1) is 0 Å². The van der Waals surface area contributed by atoms with Crippen LogP contribution >= 0.6 is 11.6 Å². The van der Waals surface area contributed by atoms with Crippen LogP contribution in [0.3, 0.4) is 0 Å². The lowest BCUT2D eigenvalue weighted by Crippen LogP contribution is -2.33. The molecule has 16 heavy (non-hydrogen) atoms. The molecule has 0 aliphatic heterocycles. The molecule has 1 rings (SSSR count). The zero-order valence-electron chi connectivity index (χ0n) is 10.5. The molecule has 0 fully saturated rings. The number of likely N-dealkylation sites (N-methyl/N-ethyl adjacent to an activating group) is 1. The first-order valence-electron chi connectivity index (χ1n) is 6.17. The maximum atomic E-state index is 6.03. The molecule has 0 saturated carbocycles. The minimum absolute atomic E-state index is 0.513. The number of benzene rings is 1. The zero-order chi connectivity index (χ0) is 12.0. The smallest absolute Gasteiger partial charge is 0.0408 e. The summed E-state index contributed by atoms with van der Waals surface area (Å²) in [7, 11) is 0. The van der Waals surface area contributed by atoms with Crippen LogP contribution in [0.5, 0.6) is 0 Å². The number of nitrogens with one attached hydrogen (secondary N) is 1. The van der Waals surface area contributed by atoms with Crippen LogP contribution in [0.1, 0.15) is 45.1 Å². The average molecular weight is 240 g/mol. The molecule has 0 amide bonds. The number of rotatable bonds is 6. The first-order chi connectivity index (χ1) is 7.69. The van der Waals surface area contributed by atoms with Crippen LogP contribution < -0.4 is 5.32 Å². The maximum absolute atomic E-state index is 6.03. The van der Waals surface area contributed by atoms with Crippen molar-refractivity contribution in [3.05, 3.63) is 34.9 Å². The van der Waals surface area contributed by atoms with Gasteiger partial charge in [0.15, 0.2) is 0 Å². The highest BCUT2D eigenvalue weighted by Gasteiger charge is 2.17. The summed E-state index contributed by atoms with van der Waals surface area (Å²) in [6.07, 6.45) is 2.42. The van der Waals surface area contributed by atoms with Gasteiger partial charge in [0.1, 0.15) is 0 Å². The third-order valence-corrected chi connectivity index (χ3v) is 3.28. The minimum atomic E-state index is 0.513. The van der Waals surface area contributed by atoms with Gasteiger partial charge < -0.3 is 5.32 Å². The van der Waals surface area contributed by atoms with Crippen LogP contribution in [0, 0.1) is 0 Å². The molecule has 0 bridgehead atoms.